The molecule has 0 saturated carbocycles. The summed E-state index contributed by atoms with van der Waals surface area (Å²) in [4.78, 5) is 9.97. The first-order valence-electron chi connectivity index (χ1n) is 8.80. The predicted molar refractivity (Wildman–Crippen MR) is 98.8 cm³/mol. The quantitative estimate of drug-likeness (QED) is 0.848. The zero-order chi connectivity index (χ0) is 16.5. The van der Waals surface area contributed by atoms with E-state index in [1.807, 2.05) is 12.1 Å². The number of rotatable bonds is 4. The summed E-state index contributed by atoms with van der Waals surface area (Å²) in [5, 5.41) is 1.09. The number of piperidine rings is 1. The number of thiazole rings is 1. The molecule has 0 N–H and O–H groups in total. The second kappa shape index (κ2) is 6.76. The highest BCUT2D eigenvalue weighted by atomic mass is 32.1. The average Bonchev–Trinajstić information content (AvgIpc) is 3.30. The van der Waals surface area contributed by atoms with Gasteiger partial charge >= 0.3 is 0 Å². The Kier molecular flexibility index (Phi) is 4.50. The highest BCUT2D eigenvalue weighted by Crippen LogP contribution is 2.40. The summed E-state index contributed by atoms with van der Waals surface area (Å²) in [5.41, 5.74) is 0.915. The summed E-state index contributed by atoms with van der Waals surface area (Å²) < 4.78 is 12.1. The van der Waals surface area contributed by atoms with Crippen molar-refractivity contribution in [2.75, 3.05) is 45.3 Å². The number of aromatic nitrogens is 1. The Labute approximate surface area is 147 Å². The van der Waals surface area contributed by atoms with E-state index in [0.717, 1.165) is 46.0 Å². The van der Waals surface area contributed by atoms with Crippen molar-refractivity contribution in [3.8, 4) is 11.5 Å². The van der Waals surface area contributed by atoms with Gasteiger partial charge in [0.2, 0.25) is 0 Å². The molecule has 0 amide bonds. The lowest BCUT2D eigenvalue weighted by molar-refractivity contribution is 0.208. The Balaban J connectivity index is 1.54. The lowest BCUT2D eigenvalue weighted by Crippen LogP contribution is -2.43. The van der Waals surface area contributed by atoms with Crippen LogP contribution in [0.25, 0.3) is 10.2 Å². The van der Waals surface area contributed by atoms with Crippen LogP contribution in [0.5, 0.6) is 11.5 Å². The molecular weight excluding hydrogens is 322 g/mol. The maximum absolute atomic E-state index is 5.50. The molecule has 0 aliphatic carbocycles. The van der Waals surface area contributed by atoms with E-state index in [-0.39, 0.29) is 0 Å². The molecule has 2 saturated heterocycles. The minimum atomic E-state index is 0.766. The first-order valence-corrected chi connectivity index (χ1v) is 9.62. The second-order valence-electron chi connectivity index (χ2n) is 6.61. The van der Waals surface area contributed by atoms with Gasteiger partial charge in [-0.2, -0.15) is 0 Å². The number of fused-ring (bicyclic) bond motifs is 1. The van der Waals surface area contributed by atoms with E-state index >= 15 is 0 Å². The summed E-state index contributed by atoms with van der Waals surface area (Å²) in [6.07, 6.45) is 5.23. The fourth-order valence-corrected chi connectivity index (χ4v) is 5.06. The van der Waals surface area contributed by atoms with Crippen molar-refractivity contribution in [3.63, 3.8) is 0 Å². The van der Waals surface area contributed by atoms with E-state index in [1.165, 1.54) is 38.8 Å². The highest BCUT2D eigenvalue weighted by Gasteiger charge is 2.28. The van der Waals surface area contributed by atoms with Gasteiger partial charge in [0, 0.05) is 19.1 Å². The Morgan fingerprint density at radius 2 is 1.67 bits per heavy atom. The molecule has 130 valence electrons. The third kappa shape index (κ3) is 2.82. The fourth-order valence-electron chi connectivity index (χ4n) is 3.94. The van der Waals surface area contributed by atoms with Crippen LogP contribution in [-0.2, 0) is 0 Å². The number of ether oxygens (including phenoxy) is 2. The first-order chi connectivity index (χ1) is 11.8. The minimum absolute atomic E-state index is 0.766. The molecule has 3 heterocycles. The number of hydrogen-bond donors (Lipinski definition) is 0. The molecule has 6 heteroatoms. The van der Waals surface area contributed by atoms with Crippen LogP contribution in [0.2, 0.25) is 0 Å². The molecule has 2 aliphatic heterocycles. The van der Waals surface area contributed by atoms with Gasteiger partial charge < -0.3 is 19.3 Å². The Hall–Kier alpha value is -1.53. The van der Waals surface area contributed by atoms with Crippen molar-refractivity contribution in [2.24, 2.45) is 0 Å². The van der Waals surface area contributed by atoms with Gasteiger partial charge in [-0.3, -0.25) is 0 Å². The van der Waals surface area contributed by atoms with Crippen LogP contribution in [0.15, 0.2) is 12.1 Å². The van der Waals surface area contributed by atoms with Crippen LogP contribution in [0.1, 0.15) is 25.7 Å². The maximum atomic E-state index is 5.50. The topological polar surface area (TPSA) is 37.8 Å². The fraction of sp³-hybridized carbons (Fsp3) is 0.611. The van der Waals surface area contributed by atoms with Gasteiger partial charge in [-0.05, 0) is 50.9 Å². The minimum Gasteiger partial charge on any atom is -0.495 e. The standard InChI is InChI=1S/C18H25N3O2S/c1-22-14-5-6-15(23-2)17-16(14)19-18(24-17)21-11-7-13(8-12-21)20-9-3-4-10-20/h5-6,13H,3-4,7-12H2,1-2H3. The monoisotopic (exact) mass is 347 g/mol. The molecule has 4 rings (SSSR count). The van der Waals surface area contributed by atoms with Crippen molar-refractivity contribution in [2.45, 2.75) is 31.7 Å². The summed E-state index contributed by atoms with van der Waals surface area (Å²) >= 11 is 1.71. The molecule has 0 bridgehead atoms. The van der Waals surface area contributed by atoms with Crippen LogP contribution >= 0.6 is 11.3 Å². The number of anilines is 1. The molecule has 0 radical (unpaired) electrons. The summed E-state index contributed by atoms with van der Waals surface area (Å²) in [7, 11) is 3.41. The number of benzene rings is 1. The molecule has 0 atom stereocenters. The van der Waals surface area contributed by atoms with Crippen molar-refractivity contribution >= 4 is 26.7 Å². The lowest BCUT2D eigenvalue weighted by atomic mass is 10.0. The predicted octanol–water partition coefficient (Wildman–Crippen LogP) is 3.38. The van der Waals surface area contributed by atoms with Gasteiger partial charge in [-0.15, -0.1) is 0 Å². The number of likely N-dealkylation sites (tertiary alicyclic amines) is 1. The van der Waals surface area contributed by atoms with Crippen LogP contribution in [0.4, 0.5) is 5.13 Å². The first kappa shape index (κ1) is 16.0. The van der Waals surface area contributed by atoms with Crippen molar-refractivity contribution in [3.05, 3.63) is 12.1 Å². The molecule has 1 aromatic heterocycles. The largest absolute Gasteiger partial charge is 0.495 e. The molecule has 5 nitrogen and oxygen atoms in total. The number of hydrogen-bond acceptors (Lipinski definition) is 6. The second-order valence-corrected chi connectivity index (χ2v) is 7.58. The van der Waals surface area contributed by atoms with E-state index < -0.39 is 0 Å². The Morgan fingerprint density at radius 1 is 1.00 bits per heavy atom. The molecule has 0 unspecified atom stereocenters. The van der Waals surface area contributed by atoms with Crippen molar-refractivity contribution < 1.29 is 9.47 Å². The van der Waals surface area contributed by atoms with Gasteiger partial charge in [0.25, 0.3) is 0 Å². The van der Waals surface area contributed by atoms with Gasteiger partial charge in [0.15, 0.2) is 5.13 Å². The molecule has 24 heavy (non-hydrogen) atoms. The van der Waals surface area contributed by atoms with E-state index in [9.17, 15) is 0 Å². The van der Waals surface area contributed by atoms with Crippen LogP contribution in [-0.4, -0.2) is 56.3 Å². The van der Waals surface area contributed by atoms with Gasteiger partial charge in [-0.25, -0.2) is 4.98 Å². The summed E-state index contributed by atoms with van der Waals surface area (Å²) in [5.74, 6) is 1.70. The molecule has 2 fully saturated rings. The molecule has 2 aliphatic rings. The lowest BCUT2D eigenvalue weighted by Gasteiger charge is -2.36. The Bertz CT molecular complexity index is 663. The zero-order valence-electron chi connectivity index (χ0n) is 14.5. The van der Waals surface area contributed by atoms with Crippen LogP contribution in [0, 0.1) is 0 Å². The number of nitrogens with zero attached hydrogens (tertiary/aromatic N) is 3. The summed E-state index contributed by atoms with van der Waals surface area (Å²) in [6, 6.07) is 4.66. The third-order valence-electron chi connectivity index (χ3n) is 5.29. The number of methoxy groups -OCH3 is 2. The van der Waals surface area contributed by atoms with Crippen LogP contribution in [0.3, 0.4) is 0 Å². The third-order valence-corrected chi connectivity index (χ3v) is 6.42. The Morgan fingerprint density at radius 3 is 2.33 bits per heavy atom. The molecule has 2 aromatic rings. The molecule has 0 spiro atoms. The molecular formula is C18H25N3O2S. The van der Waals surface area contributed by atoms with Crippen molar-refractivity contribution in [1.82, 2.24) is 9.88 Å². The van der Waals surface area contributed by atoms with Gasteiger partial charge in [0.1, 0.15) is 21.7 Å². The van der Waals surface area contributed by atoms with E-state index in [4.69, 9.17) is 14.5 Å². The van der Waals surface area contributed by atoms with E-state index in [1.54, 1.807) is 25.6 Å². The molecule has 1 aromatic carbocycles. The maximum Gasteiger partial charge on any atom is 0.186 e. The van der Waals surface area contributed by atoms with E-state index in [2.05, 4.69) is 9.80 Å². The average molecular weight is 347 g/mol. The zero-order valence-corrected chi connectivity index (χ0v) is 15.3. The van der Waals surface area contributed by atoms with E-state index in [0.29, 0.717) is 0 Å². The van der Waals surface area contributed by atoms with Crippen LogP contribution < -0.4 is 14.4 Å². The SMILES string of the molecule is COc1ccc(OC)c2sc(N3CCC(N4CCCC4)CC3)nc12. The van der Waals surface area contributed by atoms with Gasteiger partial charge in [0.05, 0.1) is 14.2 Å². The van der Waals surface area contributed by atoms with Gasteiger partial charge in [-0.1, -0.05) is 11.3 Å². The normalized spacial score (nSPS) is 20.0. The highest BCUT2D eigenvalue weighted by molar-refractivity contribution is 7.22. The summed E-state index contributed by atoms with van der Waals surface area (Å²) in [6.45, 7) is 4.76. The smallest absolute Gasteiger partial charge is 0.186 e. The van der Waals surface area contributed by atoms with Crippen molar-refractivity contribution in [1.29, 1.82) is 0 Å².